The number of allylic oxidation sites excluding steroid dienone is 1. The molecule has 0 spiro atoms. The Morgan fingerprint density at radius 1 is 1.12 bits per heavy atom. The van der Waals surface area contributed by atoms with Gasteiger partial charge in [-0.3, -0.25) is 4.79 Å². The number of carbonyl (C=O) groups is 1. The molecule has 2 rings (SSSR count). The number of ether oxygens (including phenoxy) is 2. The van der Waals surface area contributed by atoms with E-state index in [1.54, 1.807) is 32.4 Å². The molecule has 0 saturated heterocycles. The maximum atomic E-state index is 12.9. The van der Waals surface area contributed by atoms with Crippen LogP contribution in [-0.4, -0.2) is 26.7 Å². The summed E-state index contributed by atoms with van der Waals surface area (Å²) in [5.41, 5.74) is 2.59. The largest absolute Gasteiger partial charge is 0.497 e. The van der Waals surface area contributed by atoms with Gasteiger partial charge < -0.3 is 14.8 Å². The van der Waals surface area contributed by atoms with Crippen molar-refractivity contribution in [3.8, 4) is 11.5 Å². The molecular weight excluding hydrogens is 321 g/mol. The number of amides is 1. The highest BCUT2D eigenvalue weighted by Gasteiger charge is 2.08. The van der Waals surface area contributed by atoms with Gasteiger partial charge in [0.05, 0.1) is 14.2 Å². The normalized spacial score (nSPS) is 11.1. The average Bonchev–Trinajstić information content (AvgIpc) is 2.62. The molecule has 0 unspecified atom stereocenters. The van der Waals surface area contributed by atoms with E-state index in [-0.39, 0.29) is 11.7 Å². The minimum Gasteiger partial charge on any atom is -0.497 e. The summed E-state index contributed by atoms with van der Waals surface area (Å²) in [5, 5.41) is 2.83. The number of halogens is 1. The molecule has 0 saturated carbocycles. The highest BCUT2D eigenvalue weighted by Crippen LogP contribution is 2.29. The molecule has 5 heteroatoms. The summed E-state index contributed by atoms with van der Waals surface area (Å²) in [7, 11) is 3.17. The highest BCUT2D eigenvalue weighted by molar-refractivity contribution is 5.95. The molecule has 0 aliphatic rings. The van der Waals surface area contributed by atoms with Gasteiger partial charge in [0.25, 0.3) is 0 Å². The molecule has 1 N–H and O–H groups in total. The van der Waals surface area contributed by atoms with Crippen molar-refractivity contribution in [3.05, 3.63) is 65.5 Å². The maximum Gasteiger partial charge on any atom is 0.244 e. The Hall–Kier alpha value is -2.82. The van der Waals surface area contributed by atoms with E-state index in [1.165, 1.54) is 18.2 Å². The first-order valence-corrected chi connectivity index (χ1v) is 7.96. The molecule has 0 radical (unpaired) electrons. The van der Waals surface area contributed by atoms with Crippen molar-refractivity contribution in [2.75, 3.05) is 20.8 Å². The maximum absolute atomic E-state index is 12.9. The number of methoxy groups -OCH3 is 2. The molecule has 132 valence electrons. The van der Waals surface area contributed by atoms with Gasteiger partial charge in [-0.2, -0.15) is 0 Å². The van der Waals surface area contributed by atoms with Gasteiger partial charge in [-0.15, -0.1) is 0 Å². The highest BCUT2D eigenvalue weighted by atomic mass is 19.1. The number of nitrogens with one attached hydrogen (secondary N) is 1. The summed E-state index contributed by atoms with van der Waals surface area (Å²) < 4.78 is 23.4. The molecule has 0 bridgehead atoms. The van der Waals surface area contributed by atoms with Crippen LogP contribution in [0.25, 0.3) is 5.57 Å². The van der Waals surface area contributed by atoms with Gasteiger partial charge in [0.1, 0.15) is 17.3 Å². The van der Waals surface area contributed by atoms with E-state index in [2.05, 4.69) is 5.32 Å². The molecule has 2 aromatic rings. The van der Waals surface area contributed by atoms with Gasteiger partial charge in [-0.1, -0.05) is 12.1 Å². The van der Waals surface area contributed by atoms with Crippen LogP contribution >= 0.6 is 0 Å². The fourth-order valence-electron chi connectivity index (χ4n) is 2.43. The summed E-state index contributed by atoms with van der Waals surface area (Å²) in [6.45, 7) is 2.33. The lowest BCUT2D eigenvalue weighted by molar-refractivity contribution is -0.116. The minimum atomic E-state index is -0.264. The summed E-state index contributed by atoms with van der Waals surface area (Å²) in [6.07, 6.45) is 2.18. The standard InChI is InChI=1S/C20H22FNO3/c1-14(18-9-8-17(24-2)13-19(18)25-3)12-20(23)22-11-10-15-4-6-16(21)7-5-15/h4-9,12-13H,10-11H2,1-3H3,(H,22,23)/b14-12+. The van der Waals surface area contributed by atoms with Gasteiger partial charge in [0.2, 0.25) is 5.91 Å². The first kappa shape index (κ1) is 18.5. The zero-order valence-corrected chi connectivity index (χ0v) is 14.6. The molecule has 0 aliphatic carbocycles. The van der Waals surface area contributed by atoms with E-state index in [0.717, 1.165) is 16.7 Å². The van der Waals surface area contributed by atoms with Crippen LogP contribution in [0.4, 0.5) is 4.39 Å². The first-order chi connectivity index (χ1) is 12.0. The minimum absolute atomic E-state index is 0.183. The topological polar surface area (TPSA) is 47.6 Å². The molecule has 4 nitrogen and oxygen atoms in total. The monoisotopic (exact) mass is 343 g/mol. The van der Waals surface area contributed by atoms with Crippen LogP contribution in [0, 0.1) is 5.82 Å². The van der Waals surface area contributed by atoms with Crippen LogP contribution in [0.5, 0.6) is 11.5 Å². The predicted octanol–water partition coefficient (Wildman–Crippen LogP) is 3.61. The van der Waals surface area contributed by atoms with Crippen molar-refractivity contribution in [1.29, 1.82) is 0 Å². The Kier molecular flexibility index (Phi) is 6.57. The molecule has 2 aromatic carbocycles. The Morgan fingerprint density at radius 2 is 1.84 bits per heavy atom. The second kappa shape index (κ2) is 8.87. The van der Waals surface area contributed by atoms with E-state index in [1.807, 2.05) is 19.1 Å². The third kappa shape index (κ3) is 5.35. The Morgan fingerprint density at radius 3 is 2.48 bits per heavy atom. The zero-order chi connectivity index (χ0) is 18.2. The van der Waals surface area contributed by atoms with Gasteiger partial charge in [0.15, 0.2) is 0 Å². The van der Waals surface area contributed by atoms with Crippen LogP contribution in [0.1, 0.15) is 18.1 Å². The molecule has 25 heavy (non-hydrogen) atoms. The second-order valence-electron chi connectivity index (χ2n) is 5.56. The smallest absolute Gasteiger partial charge is 0.244 e. The summed E-state index contributed by atoms with van der Waals surface area (Å²) in [4.78, 5) is 12.1. The van der Waals surface area contributed by atoms with Crippen molar-refractivity contribution >= 4 is 11.5 Å². The summed E-state index contributed by atoms with van der Waals surface area (Å²) in [6, 6.07) is 11.7. The lowest BCUT2D eigenvalue weighted by Gasteiger charge is -2.11. The van der Waals surface area contributed by atoms with Crippen molar-refractivity contribution in [1.82, 2.24) is 5.32 Å². The quantitative estimate of drug-likeness (QED) is 0.782. The van der Waals surface area contributed by atoms with E-state index < -0.39 is 0 Å². The van der Waals surface area contributed by atoms with E-state index in [9.17, 15) is 9.18 Å². The van der Waals surface area contributed by atoms with Gasteiger partial charge in [-0.05, 0) is 48.7 Å². The molecule has 0 fully saturated rings. The second-order valence-corrected chi connectivity index (χ2v) is 5.56. The molecule has 0 atom stereocenters. The van der Waals surface area contributed by atoms with E-state index in [0.29, 0.717) is 24.5 Å². The number of hydrogen-bond donors (Lipinski definition) is 1. The number of hydrogen-bond acceptors (Lipinski definition) is 3. The van der Waals surface area contributed by atoms with Crippen LogP contribution in [0.2, 0.25) is 0 Å². The molecule has 0 heterocycles. The molecule has 1 amide bonds. The molecule has 0 aromatic heterocycles. The fourth-order valence-corrected chi connectivity index (χ4v) is 2.43. The van der Waals surface area contributed by atoms with Crippen molar-refractivity contribution < 1.29 is 18.7 Å². The Bertz CT molecular complexity index is 754. The summed E-state index contributed by atoms with van der Waals surface area (Å²) >= 11 is 0. The summed E-state index contributed by atoms with van der Waals surface area (Å²) in [5.74, 6) is 0.890. The Balaban J connectivity index is 1.96. The van der Waals surface area contributed by atoms with Gasteiger partial charge in [0, 0.05) is 24.3 Å². The van der Waals surface area contributed by atoms with Gasteiger partial charge in [-0.25, -0.2) is 4.39 Å². The van der Waals surface area contributed by atoms with Crippen LogP contribution in [0.15, 0.2) is 48.5 Å². The third-order valence-corrected chi connectivity index (χ3v) is 3.81. The van der Waals surface area contributed by atoms with Crippen LogP contribution < -0.4 is 14.8 Å². The van der Waals surface area contributed by atoms with Gasteiger partial charge >= 0.3 is 0 Å². The molecular formula is C20H22FNO3. The number of benzene rings is 2. The van der Waals surface area contributed by atoms with Crippen LogP contribution in [0.3, 0.4) is 0 Å². The third-order valence-electron chi connectivity index (χ3n) is 3.81. The Labute approximate surface area is 147 Å². The SMILES string of the molecule is COc1ccc(/C(C)=C/C(=O)NCCc2ccc(F)cc2)c(OC)c1. The van der Waals surface area contributed by atoms with Crippen molar-refractivity contribution in [2.24, 2.45) is 0 Å². The number of rotatable bonds is 7. The average molecular weight is 343 g/mol. The zero-order valence-electron chi connectivity index (χ0n) is 14.6. The van der Waals surface area contributed by atoms with E-state index in [4.69, 9.17) is 9.47 Å². The van der Waals surface area contributed by atoms with E-state index >= 15 is 0 Å². The lowest BCUT2D eigenvalue weighted by Crippen LogP contribution is -2.23. The number of carbonyl (C=O) groups excluding carboxylic acids is 1. The van der Waals surface area contributed by atoms with Crippen molar-refractivity contribution in [3.63, 3.8) is 0 Å². The molecule has 0 aliphatic heterocycles. The van der Waals surface area contributed by atoms with Crippen LogP contribution in [-0.2, 0) is 11.2 Å². The predicted molar refractivity (Wildman–Crippen MR) is 96.3 cm³/mol. The lowest BCUT2D eigenvalue weighted by atomic mass is 10.1. The first-order valence-electron chi connectivity index (χ1n) is 7.96. The van der Waals surface area contributed by atoms with Crippen molar-refractivity contribution in [2.45, 2.75) is 13.3 Å². The fraction of sp³-hybridized carbons (Fsp3) is 0.250.